The minimum atomic E-state index is -3.62. The van der Waals surface area contributed by atoms with E-state index in [-0.39, 0.29) is 16.5 Å². The Morgan fingerprint density at radius 1 is 1.10 bits per heavy atom. The third-order valence-corrected chi connectivity index (χ3v) is 5.27. The van der Waals surface area contributed by atoms with E-state index >= 15 is 0 Å². The Balaban J connectivity index is 2.15. The minimum absolute atomic E-state index is 0.163. The zero-order valence-corrected chi connectivity index (χ0v) is 12.3. The molecule has 0 aliphatic carbocycles. The van der Waals surface area contributed by atoms with Crippen molar-refractivity contribution < 1.29 is 13.5 Å². The van der Waals surface area contributed by atoms with Crippen molar-refractivity contribution >= 4 is 20.7 Å². The van der Waals surface area contributed by atoms with E-state index in [1.807, 2.05) is 31.2 Å². The molecule has 2 N–H and O–H groups in total. The largest absolute Gasteiger partial charge is 0.392 e. The van der Waals surface area contributed by atoms with Crippen LogP contribution in [0.25, 0.3) is 10.9 Å². The molecule has 0 unspecified atom stereocenters. The highest BCUT2D eigenvalue weighted by atomic mass is 32.2. The lowest BCUT2D eigenvalue weighted by Gasteiger charge is -2.06. The van der Waals surface area contributed by atoms with E-state index in [0.717, 1.165) is 16.5 Å². The number of aliphatic hydroxyl groups is 1. The summed E-state index contributed by atoms with van der Waals surface area (Å²) in [4.78, 5) is 3.12. The fraction of sp³-hybridized carbons (Fsp3) is 0.125. The van der Waals surface area contributed by atoms with Gasteiger partial charge >= 0.3 is 0 Å². The molecule has 0 aliphatic rings. The van der Waals surface area contributed by atoms with Crippen LogP contribution in [-0.2, 0) is 16.4 Å². The molecule has 0 spiro atoms. The quantitative estimate of drug-likeness (QED) is 0.781. The summed E-state index contributed by atoms with van der Waals surface area (Å²) < 4.78 is 25.3. The summed E-state index contributed by atoms with van der Waals surface area (Å²) in [5, 5.41) is 10.3. The van der Waals surface area contributed by atoms with Gasteiger partial charge < -0.3 is 10.1 Å². The van der Waals surface area contributed by atoms with E-state index in [2.05, 4.69) is 4.98 Å². The number of H-pyrrole nitrogens is 1. The average molecular weight is 301 g/mol. The van der Waals surface area contributed by atoms with Gasteiger partial charge in [-0.1, -0.05) is 24.3 Å². The van der Waals surface area contributed by atoms with Crippen LogP contribution in [0.1, 0.15) is 11.1 Å². The first-order valence-corrected chi connectivity index (χ1v) is 8.04. The van der Waals surface area contributed by atoms with Crippen LogP contribution in [0.4, 0.5) is 0 Å². The maximum Gasteiger partial charge on any atom is 0.221 e. The molecule has 0 saturated carbocycles. The average Bonchev–Trinajstić information content (AvgIpc) is 2.92. The van der Waals surface area contributed by atoms with Gasteiger partial charge in [0.2, 0.25) is 9.84 Å². The predicted octanol–water partition coefficient (Wildman–Crippen LogP) is 2.80. The van der Waals surface area contributed by atoms with Crippen LogP contribution in [0, 0.1) is 6.92 Å². The normalized spacial score (nSPS) is 11.9. The molecule has 3 aromatic rings. The summed E-state index contributed by atoms with van der Waals surface area (Å²) in [6.07, 6.45) is 0. The Bertz CT molecular complexity index is 877. The number of fused-ring (bicyclic) bond motifs is 1. The van der Waals surface area contributed by atoms with Gasteiger partial charge in [0.15, 0.2) is 0 Å². The van der Waals surface area contributed by atoms with Crippen molar-refractivity contribution in [3.8, 4) is 0 Å². The van der Waals surface area contributed by atoms with Crippen LogP contribution >= 0.6 is 0 Å². The molecular formula is C16H15NO3S. The van der Waals surface area contributed by atoms with Crippen molar-refractivity contribution in [3.05, 3.63) is 59.7 Å². The molecule has 0 radical (unpaired) electrons. The standard InChI is InChI=1S/C16H15NO3S/c1-11-6-7-14(8-13(11)10-18)21(19,20)16-9-12-4-2-3-5-15(12)17-16/h2-9,17-18H,10H2,1H3. The molecule has 4 nitrogen and oxygen atoms in total. The van der Waals surface area contributed by atoms with Gasteiger partial charge in [-0.3, -0.25) is 0 Å². The van der Waals surface area contributed by atoms with Crippen LogP contribution < -0.4 is 0 Å². The zero-order valence-electron chi connectivity index (χ0n) is 11.5. The van der Waals surface area contributed by atoms with Crippen molar-refractivity contribution in [2.24, 2.45) is 0 Å². The van der Waals surface area contributed by atoms with Gasteiger partial charge in [0.1, 0.15) is 5.03 Å². The van der Waals surface area contributed by atoms with E-state index in [0.29, 0.717) is 5.56 Å². The van der Waals surface area contributed by atoms with Gasteiger partial charge in [0.05, 0.1) is 11.5 Å². The van der Waals surface area contributed by atoms with Gasteiger partial charge in [-0.15, -0.1) is 0 Å². The van der Waals surface area contributed by atoms with Crippen LogP contribution in [-0.4, -0.2) is 18.5 Å². The van der Waals surface area contributed by atoms with Gasteiger partial charge in [0, 0.05) is 10.9 Å². The lowest BCUT2D eigenvalue weighted by Crippen LogP contribution is -2.04. The summed E-state index contributed by atoms with van der Waals surface area (Å²) in [5.41, 5.74) is 2.27. The Morgan fingerprint density at radius 2 is 1.86 bits per heavy atom. The molecule has 0 saturated heterocycles. The number of rotatable bonds is 3. The molecule has 1 aromatic heterocycles. The summed E-state index contributed by atoms with van der Waals surface area (Å²) in [6, 6.07) is 13.8. The number of hydrogen-bond acceptors (Lipinski definition) is 3. The smallest absolute Gasteiger partial charge is 0.221 e. The van der Waals surface area contributed by atoms with E-state index < -0.39 is 9.84 Å². The van der Waals surface area contributed by atoms with E-state index in [4.69, 9.17) is 0 Å². The lowest BCUT2D eigenvalue weighted by atomic mass is 10.1. The van der Waals surface area contributed by atoms with Gasteiger partial charge in [-0.25, -0.2) is 8.42 Å². The van der Waals surface area contributed by atoms with E-state index in [9.17, 15) is 13.5 Å². The highest BCUT2D eigenvalue weighted by Gasteiger charge is 2.20. The third-order valence-electron chi connectivity index (χ3n) is 3.60. The van der Waals surface area contributed by atoms with Crippen LogP contribution in [0.15, 0.2) is 58.5 Å². The third kappa shape index (κ3) is 2.34. The van der Waals surface area contributed by atoms with E-state index in [1.54, 1.807) is 18.2 Å². The van der Waals surface area contributed by atoms with Crippen LogP contribution in [0.5, 0.6) is 0 Å². The minimum Gasteiger partial charge on any atom is -0.392 e. The number of benzene rings is 2. The first-order chi connectivity index (χ1) is 10.0. The number of para-hydroxylation sites is 1. The summed E-state index contributed by atoms with van der Waals surface area (Å²) in [7, 11) is -3.62. The number of sulfone groups is 1. The summed E-state index contributed by atoms with van der Waals surface area (Å²) in [6.45, 7) is 1.66. The molecule has 5 heteroatoms. The van der Waals surface area contributed by atoms with Gasteiger partial charge in [-0.2, -0.15) is 0 Å². The molecule has 21 heavy (non-hydrogen) atoms. The fourth-order valence-corrected chi connectivity index (χ4v) is 3.63. The van der Waals surface area contributed by atoms with E-state index in [1.165, 1.54) is 6.07 Å². The van der Waals surface area contributed by atoms with Crippen molar-refractivity contribution in [1.29, 1.82) is 0 Å². The molecule has 0 amide bonds. The van der Waals surface area contributed by atoms with Crippen molar-refractivity contribution in [3.63, 3.8) is 0 Å². The SMILES string of the molecule is Cc1ccc(S(=O)(=O)c2cc3ccccc3[nH]2)cc1CO. The molecule has 2 aromatic carbocycles. The second-order valence-corrected chi connectivity index (χ2v) is 6.89. The maximum absolute atomic E-state index is 12.7. The number of hydrogen-bond donors (Lipinski definition) is 2. The van der Waals surface area contributed by atoms with Crippen LogP contribution in [0.2, 0.25) is 0 Å². The predicted molar refractivity (Wildman–Crippen MR) is 80.9 cm³/mol. The summed E-state index contributed by atoms with van der Waals surface area (Å²) >= 11 is 0. The molecule has 0 atom stereocenters. The van der Waals surface area contributed by atoms with Gasteiger partial charge in [-0.05, 0) is 42.3 Å². The molecule has 0 aliphatic heterocycles. The Kier molecular flexibility index (Phi) is 3.31. The molecule has 0 fully saturated rings. The number of nitrogens with one attached hydrogen (secondary N) is 1. The molecular weight excluding hydrogens is 286 g/mol. The maximum atomic E-state index is 12.7. The highest BCUT2D eigenvalue weighted by Crippen LogP contribution is 2.25. The fourth-order valence-electron chi connectivity index (χ4n) is 2.30. The Labute approximate surface area is 123 Å². The number of aliphatic hydroxyl groups excluding tert-OH is 1. The zero-order chi connectivity index (χ0) is 15.0. The monoisotopic (exact) mass is 301 g/mol. The first-order valence-electron chi connectivity index (χ1n) is 6.55. The Morgan fingerprint density at radius 3 is 2.57 bits per heavy atom. The molecule has 1 heterocycles. The molecule has 3 rings (SSSR count). The molecule has 0 bridgehead atoms. The lowest BCUT2D eigenvalue weighted by molar-refractivity contribution is 0.280. The number of aromatic amines is 1. The number of aromatic nitrogens is 1. The summed E-state index contributed by atoms with van der Waals surface area (Å²) in [5.74, 6) is 0. The Hall–Kier alpha value is -2.11. The second kappa shape index (κ2) is 5.02. The van der Waals surface area contributed by atoms with Crippen LogP contribution in [0.3, 0.4) is 0 Å². The second-order valence-electron chi connectivity index (χ2n) is 4.97. The topological polar surface area (TPSA) is 70.2 Å². The first kappa shape index (κ1) is 13.9. The van der Waals surface area contributed by atoms with Crippen molar-refractivity contribution in [1.82, 2.24) is 4.98 Å². The van der Waals surface area contributed by atoms with Gasteiger partial charge in [0.25, 0.3) is 0 Å². The van der Waals surface area contributed by atoms with Crippen molar-refractivity contribution in [2.45, 2.75) is 23.5 Å². The molecule has 108 valence electrons. The van der Waals surface area contributed by atoms with Crippen molar-refractivity contribution in [2.75, 3.05) is 0 Å². The highest BCUT2D eigenvalue weighted by molar-refractivity contribution is 7.91. The number of aryl methyl sites for hydroxylation is 1.